The van der Waals surface area contributed by atoms with Gasteiger partial charge in [-0.05, 0) is 38.8 Å². The Kier molecular flexibility index (Phi) is 2.21. The monoisotopic (exact) mass is 210 g/mol. The van der Waals surface area contributed by atoms with E-state index < -0.39 is 5.60 Å². The van der Waals surface area contributed by atoms with Crippen LogP contribution in [0.2, 0.25) is 0 Å². The zero-order chi connectivity index (χ0) is 10.3. The molecule has 0 unspecified atom stereocenters. The lowest BCUT2D eigenvalue weighted by Crippen LogP contribution is -2.60. The van der Waals surface area contributed by atoms with E-state index in [-0.39, 0.29) is 5.91 Å². The van der Waals surface area contributed by atoms with Gasteiger partial charge in [0.1, 0.15) is 5.60 Å². The maximum Gasteiger partial charge on any atom is 0.255 e. The fourth-order valence-electron chi connectivity index (χ4n) is 2.69. The van der Waals surface area contributed by atoms with Gasteiger partial charge in [-0.1, -0.05) is 0 Å². The number of rotatable bonds is 1. The summed E-state index contributed by atoms with van der Waals surface area (Å²) in [5, 5.41) is 3.29. The third kappa shape index (κ3) is 1.56. The second-order valence-electron chi connectivity index (χ2n) is 4.82. The Morgan fingerprint density at radius 3 is 2.73 bits per heavy atom. The van der Waals surface area contributed by atoms with Crippen molar-refractivity contribution in [3.05, 3.63) is 0 Å². The molecule has 0 bridgehead atoms. The molecule has 3 rings (SSSR count). The van der Waals surface area contributed by atoms with Gasteiger partial charge >= 0.3 is 0 Å². The molecule has 3 fully saturated rings. The smallest absolute Gasteiger partial charge is 0.255 e. The normalized spacial score (nSPS) is 30.9. The van der Waals surface area contributed by atoms with Gasteiger partial charge in [0.05, 0.1) is 6.61 Å². The third-order valence-corrected chi connectivity index (χ3v) is 3.76. The number of nitrogens with one attached hydrogen (secondary N) is 1. The summed E-state index contributed by atoms with van der Waals surface area (Å²) >= 11 is 0. The molecule has 3 aliphatic rings. The van der Waals surface area contributed by atoms with Gasteiger partial charge in [0.15, 0.2) is 0 Å². The highest BCUT2D eigenvalue weighted by Crippen LogP contribution is 2.35. The van der Waals surface area contributed by atoms with Crippen LogP contribution in [-0.2, 0) is 9.53 Å². The first-order valence-corrected chi connectivity index (χ1v) is 5.98. The number of ether oxygens (including phenoxy) is 1. The highest BCUT2D eigenvalue weighted by Gasteiger charge is 2.49. The maximum absolute atomic E-state index is 12.4. The predicted octanol–water partition coefficient (Wildman–Crippen LogP) is 0.130. The van der Waals surface area contributed by atoms with Crippen LogP contribution < -0.4 is 5.32 Å². The quantitative estimate of drug-likeness (QED) is 0.669. The van der Waals surface area contributed by atoms with Crippen LogP contribution in [0.3, 0.4) is 0 Å². The van der Waals surface area contributed by atoms with Crippen LogP contribution in [-0.4, -0.2) is 48.7 Å². The van der Waals surface area contributed by atoms with E-state index in [9.17, 15) is 4.79 Å². The van der Waals surface area contributed by atoms with Gasteiger partial charge in [0, 0.05) is 12.6 Å². The van der Waals surface area contributed by atoms with Gasteiger partial charge in [-0.2, -0.15) is 0 Å². The van der Waals surface area contributed by atoms with Crippen molar-refractivity contribution < 1.29 is 9.53 Å². The van der Waals surface area contributed by atoms with Crippen molar-refractivity contribution in [3.63, 3.8) is 0 Å². The van der Waals surface area contributed by atoms with Crippen LogP contribution >= 0.6 is 0 Å². The molecule has 2 aliphatic heterocycles. The molecule has 15 heavy (non-hydrogen) atoms. The lowest BCUT2D eigenvalue weighted by Gasteiger charge is -2.44. The standard InChI is InChI=1S/C11H18N2O2/c14-10-11(3-5-12-6-4-11)15-8-7-13(10)9-1-2-9/h9,12H,1-8H2. The van der Waals surface area contributed by atoms with Gasteiger partial charge in [0.25, 0.3) is 5.91 Å². The average molecular weight is 210 g/mol. The van der Waals surface area contributed by atoms with Gasteiger partial charge in [-0.15, -0.1) is 0 Å². The summed E-state index contributed by atoms with van der Waals surface area (Å²) < 4.78 is 5.80. The SMILES string of the molecule is O=C1N(C2CC2)CCOC12CCNCC2. The van der Waals surface area contributed by atoms with E-state index >= 15 is 0 Å². The number of carbonyl (C=O) groups is 1. The molecule has 0 atom stereocenters. The molecule has 2 heterocycles. The first kappa shape index (κ1) is 9.60. The maximum atomic E-state index is 12.4. The summed E-state index contributed by atoms with van der Waals surface area (Å²) in [6.07, 6.45) is 4.07. The molecule has 1 N–H and O–H groups in total. The fraction of sp³-hybridized carbons (Fsp3) is 0.909. The van der Waals surface area contributed by atoms with Crippen LogP contribution in [0, 0.1) is 0 Å². The fourth-order valence-corrected chi connectivity index (χ4v) is 2.69. The Morgan fingerprint density at radius 1 is 1.33 bits per heavy atom. The van der Waals surface area contributed by atoms with Gasteiger partial charge < -0.3 is 15.0 Å². The summed E-state index contributed by atoms with van der Waals surface area (Å²) in [6.45, 7) is 3.34. The van der Waals surface area contributed by atoms with Crippen molar-refractivity contribution in [2.24, 2.45) is 0 Å². The van der Waals surface area contributed by atoms with Gasteiger partial charge in [-0.25, -0.2) is 0 Å². The number of piperidine rings is 1. The Morgan fingerprint density at radius 2 is 2.07 bits per heavy atom. The molecule has 1 amide bonds. The summed E-state index contributed by atoms with van der Waals surface area (Å²) in [5.41, 5.74) is -0.466. The van der Waals surface area contributed by atoms with Crippen LogP contribution in [0.15, 0.2) is 0 Å². The molecule has 1 saturated carbocycles. The van der Waals surface area contributed by atoms with Crippen molar-refractivity contribution in [2.45, 2.75) is 37.3 Å². The van der Waals surface area contributed by atoms with Gasteiger partial charge in [-0.3, -0.25) is 4.79 Å². The second-order valence-corrected chi connectivity index (χ2v) is 4.82. The minimum absolute atomic E-state index is 0.262. The first-order valence-electron chi connectivity index (χ1n) is 5.98. The molecule has 0 radical (unpaired) electrons. The number of carbonyl (C=O) groups excluding carboxylic acids is 1. The lowest BCUT2D eigenvalue weighted by molar-refractivity contribution is -0.177. The highest BCUT2D eigenvalue weighted by molar-refractivity contribution is 5.86. The summed E-state index contributed by atoms with van der Waals surface area (Å²) in [5.74, 6) is 0.262. The number of amides is 1. The number of hydrogen-bond acceptors (Lipinski definition) is 3. The van der Waals surface area contributed by atoms with Gasteiger partial charge in [0.2, 0.25) is 0 Å². The summed E-state index contributed by atoms with van der Waals surface area (Å²) in [6, 6.07) is 0.535. The zero-order valence-corrected chi connectivity index (χ0v) is 9.00. The van der Waals surface area contributed by atoms with Crippen LogP contribution in [0.1, 0.15) is 25.7 Å². The van der Waals surface area contributed by atoms with E-state index in [0.717, 1.165) is 39.1 Å². The van der Waals surface area contributed by atoms with Crippen molar-refractivity contribution in [3.8, 4) is 0 Å². The largest absolute Gasteiger partial charge is 0.363 e. The van der Waals surface area contributed by atoms with Crippen LogP contribution in [0.4, 0.5) is 0 Å². The Hall–Kier alpha value is -0.610. The van der Waals surface area contributed by atoms with Crippen molar-refractivity contribution >= 4 is 5.91 Å². The molecule has 0 aromatic carbocycles. The zero-order valence-electron chi connectivity index (χ0n) is 9.00. The summed E-state index contributed by atoms with van der Waals surface area (Å²) in [7, 11) is 0. The summed E-state index contributed by atoms with van der Waals surface area (Å²) in [4.78, 5) is 14.4. The molecule has 0 aromatic rings. The van der Waals surface area contributed by atoms with E-state index in [0.29, 0.717) is 6.04 Å². The minimum Gasteiger partial charge on any atom is -0.363 e. The Labute approximate surface area is 90.0 Å². The van der Waals surface area contributed by atoms with E-state index in [1.54, 1.807) is 0 Å². The number of hydrogen-bond donors (Lipinski definition) is 1. The molecule has 1 aliphatic carbocycles. The van der Waals surface area contributed by atoms with E-state index in [1.807, 2.05) is 0 Å². The van der Waals surface area contributed by atoms with Crippen molar-refractivity contribution in [2.75, 3.05) is 26.2 Å². The lowest BCUT2D eigenvalue weighted by atomic mass is 9.89. The molecule has 84 valence electrons. The minimum atomic E-state index is -0.466. The van der Waals surface area contributed by atoms with Crippen LogP contribution in [0.25, 0.3) is 0 Å². The second kappa shape index (κ2) is 3.46. The van der Waals surface area contributed by atoms with Crippen molar-refractivity contribution in [1.29, 1.82) is 0 Å². The Balaban J connectivity index is 1.78. The first-order chi connectivity index (χ1) is 7.32. The average Bonchev–Trinajstić information content (AvgIpc) is 3.08. The van der Waals surface area contributed by atoms with E-state index in [2.05, 4.69) is 10.2 Å². The predicted molar refractivity (Wildman–Crippen MR) is 55.5 cm³/mol. The molecular weight excluding hydrogens is 192 g/mol. The molecule has 0 aromatic heterocycles. The van der Waals surface area contributed by atoms with E-state index in [4.69, 9.17) is 4.74 Å². The third-order valence-electron chi connectivity index (χ3n) is 3.76. The number of morpholine rings is 1. The Bertz CT molecular complexity index is 264. The van der Waals surface area contributed by atoms with Crippen LogP contribution in [0.5, 0.6) is 0 Å². The molecule has 4 heteroatoms. The topological polar surface area (TPSA) is 41.6 Å². The molecular formula is C11H18N2O2. The van der Waals surface area contributed by atoms with E-state index in [1.165, 1.54) is 12.8 Å². The molecule has 1 spiro atoms. The molecule has 2 saturated heterocycles. The highest BCUT2D eigenvalue weighted by atomic mass is 16.5. The number of nitrogens with zero attached hydrogens (tertiary/aromatic N) is 1. The van der Waals surface area contributed by atoms with Crippen molar-refractivity contribution in [1.82, 2.24) is 10.2 Å². The molecule has 4 nitrogen and oxygen atoms in total.